The molecule has 6 nitrogen and oxygen atoms in total. The molecule has 0 spiro atoms. The Morgan fingerprint density at radius 1 is 1.36 bits per heavy atom. The first-order valence-electron chi connectivity index (χ1n) is 7.28. The highest BCUT2D eigenvalue weighted by Crippen LogP contribution is 2.08. The second kappa shape index (κ2) is 8.19. The van der Waals surface area contributed by atoms with Crippen LogP contribution in [0.25, 0.3) is 5.69 Å². The van der Waals surface area contributed by atoms with Gasteiger partial charge in [0.15, 0.2) is 5.96 Å². The van der Waals surface area contributed by atoms with Crippen LogP contribution in [0.1, 0.15) is 12.5 Å². The molecule has 1 aromatic heterocycles. The van der Waals surface area contributed by atoms with Gasteiger partial charge < -0.3 is 15.4 Å². The summed E-state index contributed by atoms with van der Waals surface area (Å²) in [5.41, 5.74) is 2.23. The average Bonchev–Trinajstić information content (AvgIpc) is 3.06. The van der Waals surface area contributed by atoms with E-state index < -0.39 is 0 Å². The van der Waals surface area contributed by atoms with Gasteiger partial charge in [-0.05, 0) is 30.7 Å². The minimum absolute atomic E-state index is 0.207. The van der Waals surface area contributed by atoms with Gasteiger partial charge >= 0.3 is 0 Å². The number of hydrogen-bond acceptors (Lipinski definition) is 3. The molecule has 22 heavy (non-hydrogen) atoms. The molecule has 1 atom stereocenters. The summed E-state index contributed by atoms with van der Waals surface area (Å²) in [6, 6.07) is 10.4. The highest BCUT2D eigenvalue weighted by atomic mass is 16.5. The highest BCUT2D eigenvalue weighted by Gasteiger charge is 2.04. The zero-order chi connectivity index (χ0) is 15.8. The molecule has 0 bridgehead atoms. The largest absolute Gasteiger partial charge is 0.383 e. The Kier molecular flexibility index (Phi) is 5.97. The van der Waals surface area contributed by atoms with Crippen LogP contribution in [0.3, 0.4) is 0 Å². The van der Waals surface area contributed by atoms with Crippen LogP contribution in [-0.2, 0) is 11.3 Å². The number of guanidine groups is 1. The monoisotopic (exact) mass is 301 g/mol. The van der Waals surface area contributed by atoms with Gasteiger partial charge in [0.05, 0.1) is 12.3 Å². The first kappa shape index (κ1) is 16.0. The Labute approximate surface area is 131 Å². The lowest BCUT2D eigenvalue weighted by molar-refractivity contribution is 0.179. The van der Waals surface area contributed by atoms with E-state index in [1.54, 1.807) is 20.4 Å². The molecule has 1 heterocycles. The van der Waals surface area contributed by atoms with Gasteiger partial charge in [-0.2, -0.15) is 5.10 Å². The Bertz CT molecular complexity index is 577. The predicted molar refractivity (Wildman–Crippen MR) is 88.2 cm³/mol. The van der Waals surface area contributed by atoms with Gasteiger partial charge in [0.1, 0.15) is 0 Å². The summed E-state index contributed by atoms with van der Waals surface area (Å²) in [5.74, 6) is 0.765. The second-order valence-electron chi connectivity index (χ2n) is 5.04. The molecule has 0 aliphatic heterocycles. The maximum atomic E-state index is 5.11. The fourth-order valence-electron chi connectivity index (χ4n) is 2.09. The van der Waals surface area contributed by atoms with Gasteiger partial charge in [0, 0.05) is 39.1 Å². The molecule has 0 saturated carbocycles. The topological polar surface area (TPSA) is 63.5 Å². The van der Waals surface area contributed by atoms with Crippen molar-refractivity contribution < 1.29 is 4.74 Å². The summed E-state index contributed by atoms with van der Waals surface area (Å²) in [4.78, 5) is 4.21. The molecule has 1 unspecified atom stereocenters. The number of aromatic nitrogens is 2. The fourth-order valence-corrected chi connectivity index (χ4v) is 2.09. The van der Waals surface area contributed by atoms with Crippen LogP contribution in [0.2, 0.25) is 0 Å². The lowest BCUT2D eigenvalue weighted by Crippen LogP contribution is -2.43. The van der Waals surface area contributed by atoms with E-state index in [4.69, 9.17) is 4.74 Å². The van der Waals surface area contributed by atoms with Crippen molar-refractivity contribution in [1.82, 2.24) is 20.4 Å². The fraction of sp³-hybridized carbons (Fsp3) is 0.375. The van der Waals surface area contributed by atoms with E-state index in [2.05, 4.69) is 39.8 Å². The number of nitrogens with zero attached hydrogens (tertiary/aromatic N) is 3. The standard InChI is InChI=1S/C16H23N5O/c1-13(12-22-3)20-16(17-2)18-11-14-5-7-15(8-6-14)21-10-4-9-19-21/h4-10,13H,11-12H2,1-3H3,(H2,17,18,20). The number of ether oxygens (including phenoxy) is 1. The number of benzene rings is 1. The molecular weight excluding hydrogens is 278 g/mol. The Morgan fingerprint density at radius 2 is 2.14 bits per heavy atom. The Morgan fingerprint density at radius 3 is 2.73 bits per heavy atom. The molecule has 2 N–H and O–H groups in total. The normalized spacial score (nSPS) is 13.0. The van der Waals surface area contributed by atoms with Crippen molar-refractivity contribution in [3.63, 3.8) is 0 Å². The number of hydrogen-bond donors (Lipinski definition) is 2. The molecule has 0 aliphatic rings. The number of methoxy groups -OCH3 is 1. The van der Waals surface area contributed by atoms with Gasteiger partial charge in [0.2, 0.25) is 0 Å². The Balaban J connectivity index is 1.88. The molecule has 0 amide bonds. The van der Waals surface area contributed by atoms with Crippen LogP contribution in [0.4, 0.5) is 0 Å². The third kappa shape index (κ3) is 4.60. The quantitative estimate of drug-likeness (QED) is 0.628. The summed E-state index contributed by atoms with van der Waals surface area (Å²) < 4.78 is 6.94. The number of nitrogens with one attached hydrogen (secondary N) is 2. The van der Waals surface area contributed by atoms with Crippen LogP contribution >= 0.6 is 0 Å². The van der Waals surface area contributed by atoms with Gasteiger partial charge in [-0.15, -0.1) is 0 Å². The molecule has 1 aromatic carbocycles. The maximum Gasteiger partial charge on any atom is 0.191 e. The lowest BCUT2D eigenvalue weighted by Gasteiger charge is -2.17. The van der Waals surface area contributed by atoms with Crippen molar-refractivity contribution in [3.05, 3.63) is 48.3 Å². The van der Waals surface area contributed by atoms with Gasteiger partial charge in [-0.1, -0.05) is 12.1 Å². The zero-order valence-corrected chi connectivity index (χ0v) is 13.3. The average molecular weight is 301 g/mol. The van der Waals surface area contributed by atoms with Crippen LogP contribution < -0.4 is 10.6 Å². The molecule has 2 aromatic rings. The second-order valence-corrected chi connectivity index (χ2v) is 5.04. The van der Waals surface area contributed by atoms with Crippen molar-refractivity contribution >= 4 is 5.96 Å². The summed E-state index contributed by atoms with van der Waals surface area (Å²) in [5, 5.41) is 10.8. The van der Waals surface area contributed by atoms with E-state index in [1.807, 2.05) is 29.1 Å². The van der Waals surface area contributed by atoms with Gasteiger partial charge in [-0.3, -0.25) is 4.99 Å². The molecule has 118 valence electrons. The third-order valence-corrected chi connectivity index (χ3v) is 3.19. The van der Waals surface area contributed by atoms with Crippen molar-refractivity contribution in [2.45, 2.75) is 19.5 Å². The highest BCUT2D eigenvalue weighted by molar-refractivity contribution is 5.79. The third-order valence-electron chi connectivity index (χ3n) is 3.19. The van der Waals surface area contributed by atoms with E-state index in [0.717, 1.165) is 11.6 Å². The lowest BCUT2D eigenvalue weighted by atomic mass is 10.2. The molecule has 2 rings (SSSR count). The minimum atomic E-state index is 0.207. The van der Waals surface area contributed by atoms with Gasteiger partial charge in [-0.25, -0.2) is 4.68 Å². The van der Waals surface area contributed by atoms with E-state index in [0.29, 0.717) is 13.2 Å². The van der Waals surface area contributed by atoms with E-state index in [1.165, 1.54) is 5.56 Å². The number of rotatable bonds is 6. The van der Waals surface area contributed by atoms with E-state index in [9.17, 15) is 0 Å². The minimum Gasteiger partial charge on any atom is -0.383 e. The van der Waals surface area contributed by atoms with E-state index in [-0.39, 0.29) is 6.04 Å². The molecule has 0 saturated heterocycles. The smallest absolute Gasteiger partial charge is 0.191 e. The zero-order valence-electron chi connectivity index (χ0n) is 13.3. The van der Waals surface area contributed by atoms with Crippen LogP contribution in [0.15, 0.2) is 47.7 Å². The van der Waals surface area contributed by atoms with Crippen molar-refractivity contribution in [3.8, 4) is 5.69 Å². The van der Waals surface area contributed by atoms with Gasteiger partial charge in [0.25, 0.3) is 0 Å². The van der Waals surface area contributed by atoms with Crippen LogP contribution in [-0.4, -0.2) is 42.5 Å². The van der Waals surface area contributed by atoms with Crippen molar-refractivity contribution in [1.29, 1.82) is 0 Å². The molecule has 0 fully saturated rings. The Hall–Kier alpha value is -2.34. The summed E-state index contributed by atoms with van der Waals surface area (Å²) in [6.07, 6.45) is 3.70. The number of aliphatic imine (C=N–C) groups is 1. The molecule has 0 radical (unpaired) electrons. The maximum absolute atomic E-state index is 5.11. The molecule has 6 heteroatoms. The first-order chi connectivity index (χ1) is 10.7. The summed E-state index contributed by atoms with van der Waals surface area (Å²) in [6.45, 7) is 3.40. The first-order valence-corrected chi connectivity index (χ1v) is 7.28. The van der Waals surface area contributed by atoms with E-state index >= 15 is 0 Å². The van der Waals surface area contributed by atoms with Crippen molar-refractivity contribution in [2.75, 3.05) is 20.8 Å². The summed E-state index contributed by atoms with van der Waals surface area (Å²) >= 11 is 0. The summed E-state index contributed by atoms with van der Waals surface area (Å²) in [7, 11) is 3.45. The van der Waals surface area contributed by atoms with Crippen LogP contribution in [0.5, 0.6) is 0 Å². The SMILES string of the molecule is CN=C(NCc1ccc(-n2cccn2)cc1)NC(C)COC. The van der Waals surface area contributed by atoms with Crippen molar-refractivity contribution in [2.24, 2.45) is 4.99 Å². The van der Waals surface area contributed by atoms with Crippen LogP contribution in [0, 0.1) is 0 Å². The molecular formula is C16H23N5O. The predicted octanol–water partition coefficient (Wildman–Crippen LogP) is 1.57. The molecule has 0 aliphatic carbocycles.